The zero-order valence-electron chi connectivity index (χ0n) is 15.7. The second kappa shape index (κ2) is 6.46. The predicted octanol–water partition coefficient (Wildman–Crippen LogP) is 2.41. The molecule has 6 heteroatoms. The first-order valence-electron chi connectivity index (χ1n) is 9.28. The van der Waals surface area contributed by atoms with E-state index in [4.69, 9.17) is 0 Å². The van der Waals surface area contributed by atoms with Crippen molar-refractivity contribution >= 4 is 11.9 Å². The molecule has 1 aromatic heterocycles. The lowest BCUT2D eigenvalue weighted by molar-refractivity contribution is -0.149. The number of carbonyl (C=O) groups excluding carboxylic acids is 1. The van der Waals surface area contributed by atoms with Crippen molar-refractivity contribution in [3.63, 3.8) is 0 Å². The molecule has 0 aromatic carbocycles. The summed E-state index contributed by atoms with van der Waals surface area (Å²) in [4.78, 5) is 26.4. The van der Waals surface area contributed by atoms with Gasteiger partial charge >= 0.3 is 5.97 Å². The number of rotatable bonds is 5. The Labute approximate surface area is 149 Å². The Morgan fingerprint density at radius 2 is 2.08 bits per heavy atom. The maximum atomic E-state index is 12.8. The van der Waals surface area contributed by atoms with Gasteiger partial charge in [0.05, 0.1) is 17.5 Å². The van der Waals surface area contributed by atoms with Gasteiger partial charge in [0, 0.05) is 30.9 Å². The van der Waals surface area contributed by atoms with Gasteiger partial charge in [0.1, 0.15) is 0 Å². The number of carbonyl (C=O) groups is 2. The third-order valence-electron chi connectivity index (χ3n) is 6.05. The van der Waals surface area contributed by atoms with Crippen LogP contribution in [0.25, 0.3) is 0 Å². The molecule has 2 heterocycles. The van der Waals surface area contributed by atoms with Crippen molar-refractivity contribution in [2.24, 2.45) is 17.3 Å². The van der Waals surface area contributed by atoms with Crippen LogP contribution in [0.3, 0.4) is 0 Å². The molecule has 0 spiro atoms. The highest BCUT2D eigenvalue weighted by Crippen LogP contribution is 2.49. The van der Waals surface area contributed by atoms with Crippen LogP contribution in [0.4, 0.5) is 0 Å². The van der Waals surface area contributed by atoms with Crippen molar-refractivity contribution in [3.8, 4) is 0 Å². The summed E-state index contributed by atoms with van der Waals surface area (Å²) in [6.45, 7) is 10.1. The van der Waals surface area contributed by atoms with E-state index < -0.39 is 11.4 Å². The van der Waals surface area contributed by atoms with E-state index in [1.165, 1.54) is 0 Å². The molecular formula is C19H29N3O3. The van der Waals surface area contributed by atoms with Crippen LogP contribution in [0.5, 0.6) is 0 Å². The Hall–Kier alpha value is -1.85. The molecule has 0 radical (unpaired) electrons. The number of hydrogen-bond acceptors (Lipinski definition) is 3. The SMILES string of the molecule is Cc1nn(CC(C)C)c(C)c1CC(=O)N1C[C@@H]2CCC[C@@]2(C(=O)O)C1. The third-order valence-corrected chi connectivity index (χ3v) is 6.05. The number of aromatic nitrogens is 2. The number of amides is 1. The maximum absolute atomic E-state index is 12.8. The quantitative estimate of drug-likeness (QED) is 0.887. The molecule has 1 N–H and O–H groups in total. The second-order valence-electron chi connectivity index (χ2n) is 8.23. The summed E-state index contributed by atoms with van der Waals surface area (Å²) in [5.74, 6) is -0.0949. The van der Waals surface area contributed by atoms with Crippen LogP contribution in [-0.2, 0) is 22.6 Å². The van der Waals surface area contributed by atoms with Crippen molar-refractivity contribution < 1.29 is 14.7 Å². The molecule has 6 nitrogen and oxygen atoms in total. The number of carboxylic acids is 1. The highest BCUT2D eigenvalue weighted by Gasteiger charge is 2.55. The van der Waals surface area contributed by atoms with Gasteiger partial charge in [-0.25, -0.2) is 0 Å². The van der Waals surface area contributed by atoms with Crippen molar-refractivity contribution in [3.05, 3.63) is 17.0 Å². The monoisotopic (exact) mass is 347 g/mol. The number of nitrogens with zero attached hydrogens (tertiary/aromatic N) is 3. The Kier molecular flexibility index (Phi) is 4.64. The van der Waals surface area contributed by atoms with Crippen LogP contribution in [0.15, 0.2) is 0 Å². The fourth-order valence-electron chi connectivity index (χ4n) is 4.61. The van der Waals surface area contributed by atoms with Crippen LogP contribution in [-0.4, -0.2) is 44.8 Å². The van der Waals surface area contributed by atoms with E-state index in [-0.39, 0.29) is 11.8 Å². The smallest absolute Gasteiger partial charge is 0.311 e. The summed E-state index contributed by atoms with van der Waals surface area (Å²) in [6, 6.07) is 0. The number of hydrogen-bond donors (Lipinski definition) is 1. The van der Waals surface area contributed by atoms with Crippen molar-refractivity contribution in [1.82, 2.24) is 14.7 Å². The van der Waals surface area contributed by atoms with E-state index >= 15 is 0 Å². The Morgan fingerprint density at radius 1 is 1.36 bits per heavy atom. The molecule has 1 aromatic rings. The van der Waals surface area contributed by atoms with E-state index in [9.17, 15) is 14.7 Å². The van der Waals surface area contributed by atoms with Gasteiger partial charge in [-0.2, -0.15) is 5.10 Å². The summed E-state index contributed by atoms with van der Waals surface area (Å²) in [5.41, 5.74) is 2.24. The van der Waals surface area contributed by atoms with E-state index in [2.05, 4.69) is 18.9 Å². The van der Waals surface area contributed by atoms with Gasteiger partial charge in [-0.3, -0.25) is 14.3 Å². The second-order valence-corrected chi connectivity index (χ2v) is 8.23. The van der Waals surface area contributed by atoms with E-state index in [0.29, 0.717) is 31.8 Å². The van der Waals surface area contributed by atoms with E-state index in [1.807, 2.05) is 18.5 Å². The average molecular weight is 347 g/mol. The molecule has 1 amide bonds. The lowest BCUT2D eigenvalue weighted by Gasteiger charge is -2.23. The average Bonchev–Trinajstić information content (AvgIpc) is 3.14. The van der Waals surface area contributed by atoms with Crippen LogP contribution >= 0.6 is 0 Å². The molecule has 138 valence electrons. The summed E-state index contributed by atoms with van der Waals surface area (Å²) in [7, 11) is 0. The van der Waals surface area contributed by atoms with E-state index in [0.717, 1.165) is 36.3 Å². The van der Waals surface area contributed by atoms with Gasteiger partial charge in [0.15, 0.2) is 0 Å². The van der Waals surface area contributed by atoms with Crippen LogP contribution in [0.1, 0.15) is 50.1 Å². The lowest BCUT2D eigenvalue weighted by atomic mass is 9.81. The first-order chi connectivity index (χ1) is 11.7. The minimum Gasteiger partial charge on any atom is -0.481 e. The highest BCUT2D eigenvalue weighted by molar-refractivity contribution is 5.83. The van der Waals surface area contributed by atoms with Crippen LogP contribution in [0, 0.1) is 31.1 Å². The van der Waals surface area contributed by atoms with Crippen LogP contribution in [0.2, 0.25) is 0 Å². The Morgan fingerprint density at radius 3 is 2.68 bits per heavy atom. The third kappa shape index (κ3) is 3.07. The molecular weight excluding hydrogens is 318 g/mol. The first kappa shape index (κ1) is 18.0. The van der Waals surface area contributed by atoms with Gasteiger partial charge in [0.25, 0.3) is 0 Å². The first-order valence-corrected chi connectivity index (χ1v) is 9.28. The minimum absolute atomic E-state index is 0.0327. The molecule has 1 aliphatic heterocycles. The van der Waals surface area contributed by atoms with Crippen molar-refractivity contribution in [2.45, 2.75) is 59.9 Å². The van der Waals surface area contributed by atoms with E-state index in [1.54, 1.807) is 4.90 Å². The zero-order valence-corrected chi connectivity index (χ0v) is 15.7. The number of aliphatic carboxylic acids is 1. The summed E-state index contributed by atoms with van der Waals surface area (Å²) in [6.07, 6.45) is 2.89. The lowest BCUT2D eigenvalue weighted by Crippen LogP contribution is -2.37. The summed E-state index contributed by atoms with van der Waals surface area (Å²) in [5, 5.41) is 14.3. The van der Waals surface area contributed by atoms with Gasteiger partial charge in [0.2, 0.25) is 5.91 Å². The number of fused-ring (bicyclic) bond motifs is 1. The number of aryl methyl sites for hydroxylation is 1. The minimum atomic E-state index is -0.734. The molecule has 25 heavy (non-hydrogen) atoms. The van der Waals surface area contributed by atoms with Crippen molar-refractivity contribution in [2.75, 3.05) is 13.1 Å². The number of carboxylic acid groups (broad SMARTS) is 1. The van der Waals surface area contributed by atoms with Gasteiger partial charge < -0.3 is 10.0 Å². The molecule has 3 rings (SSSR count). The molecule has 0 bridgehead atoms. The van der Waals surface area contributed by atoms with Gasteiger partial charge in [-0.05, 0) is 38.5 Å². The van der Waals surface area contributed by atoms with Crippen molar-refractivity contribution in [1.29, 1.82) is 0 Å². The molecule has 1 aliphatic carbocycles. The molecule has 1 saturated carbocycles. The highest BCUT2D eigenvalue weighted by atomic mass is 16.4. The fraction of sp³-hybridized carbons (Fsp3) is 0.737. The van der Waals surface area contributed by atoms with Crippen LogP contribution < -0.4 is 0 Å². The standard InChI is InChI=1S/C19H29N3O3/c1-12(2)9-22-14(4)16(13(3)20-22)8-17(23)21-10-15-6-5-7-19(15,11-21)18(24)25/h12,15H,5-11H2,1-4H3,(H,24,25)/t15-,19+/m0/s1. The fourth-order valence-corrected chi connectivity index (χ4v) is 4.61. The normalized spacial score (nSPS) is 25.6. The Bertz CT molecular complexity index is 694. The maximum Gasteiger partial charge on any atom is 0.311 e. The van der Waals surface area contributed by atoms with Gasteiger partial charge in [-0.15, -0.1) is 0 Å². The Balaban J connectivity index is 1.74. The van der Waals surface area contributed by atoms with Gasteiger partial charge in [-0.1, -0.05) is 20.3 Å². The summed E-state index contributed by atoms with van der Waals surface area (Å²) < 4.78 is 1.99. The molecule has 2 atom stereocenters. The zero-order chi connectivity index (χ0) is 18.4. The molecule has 1 saturated heterocycles. The summed E-state index contributed by atoms with van der Waals surface area (Å²) >= 11 is 0. The number of likely N-dealkylation sites (tertiary alicyclic amines) is 1. The largest absolute Gasteiger partial charge is 0.481 e. The molecule has 2 aliphatic rings. The molecule has 0 unspecified atom stereocenters. The topological polar surface area (TPSA) is 75.4 Å². The predicted molar refractivity (Wildman–Crippen MR) is 94.2 cm³/mol. The molecule has 2 fully saturated rings.